The van der Waals surface area contributed by atoms with E-state index in [1.54, 1.807) is 30.3 Å². The van der Waals surface area contributed by atoms with E-state index < -0.39 is 29.7 Å². The maximum atomic E-state index is 14.6. The lowest BCUT2D eigenvalue weighted by Crippen LogP contribution is -2.33. The van der Waals surface area contributed by atoms with Crippen molar-refractivity contribution in [3.63, 3.8) is 0 Å². The van der Waals surface area contributed by atoms with Gasteiger partial charge in [0.15, 0.2) is 0 Å². The number of allylic oxidation sites excluding steroid dienone is 3. The normalized spacial score (nSPS) is 23.1. The topological polar surface area (TPSA) is 73.2 Å². The summed E-state index contributed by atoms with van der Waals surface area (Å²) >= 11 is 6.27. The summed E-state index contributed by atoms with van der Waals surface area (Å²) in [5, 5.41) is 7.55. The molecule has 26 heavy (non-hydrogen) atoms. The Morgan fingerprint density at radius 2 is 2.00 bits per heavy atom. The van der Waals surface area contributed by atoms with E-state index >= 15 is 0 Å². The van der Waals surface area contributed by atoms with Crippen LogP contribution in [-0.4, -0.2) is 23.9 Å². The molecular weight excluding hydrogens is 367 g/mol. The van der Waals surface area contributed by atoms with Gasteiger partial charge in [-0.15, -0.1) is 0 Å². The molecular formula is C17H13ClF3N5. The van der Waals surface area contributed by atoms with E-state index in [0.717, 1.165) is 0 Å². The molecule has 5 nitrogen and oxygen atoms in total. The number of nitrogens with one attached hydrogen (secondary N) is 1. The molecule has 1 aliphatic heterocycles. The highest BCUT2D eigenvalue weighted by Crippen LogP contribution is 2.40. The zero-order valence-electron chi connectivity index (χ0n) is 13.3. The molecule has 1 aromatic rings. The fourth-order valence-electron chi connectivity index (χ4n) is 2.94. The van der Waals surface area contributed by atoms with Crippen LogP contribution in [0.1, 0.15) is 12.0 Å². The van der Waals surface area contributed by atoms with Crippen molar-refractivity contribution in [2.45, 2.75) is 18.1 Å². The van der Waals surface area contributed by atoms with Crippen LogP contribution < -0.4 is 5.43 Å². The summed E-state index contributed by atoms with van der Waals surface area (Å²) in [5.74, 6) is -1.90. The molecule has 134 valence electrons. The number of benzene rings is 1. The Bertz CT molecular complexity index is 885. The molecule has 1 aliphatic carbocycles. The van der Waals surface area contributed by atoms with Crippen LogP contribution in [0.2, 0.25) is 0 Å². The molecule has 1 aromatic carbocycles. The van der Waals surface area contributed by atoms with Gasteiger partial charge in [-0.2, -0.15) is 5.10 Å². The summed E-state index contributed by atoms with van der Waals surface area (Å²) in [5.41, 5.74) is 11.2. The molecule has 0 spiro atoms. The smallest absolute Gasteiger partial charge is 0.144 e. The van der Waals surface area contributed by atoms with Gasteiger partial charge in [0.25, 0.3) is 0 Å². The standard InChI is InChI=1S/C17H13ClF3N5/c18-17-16(15-11(20)6-10(19)7-12(15)21)14(9-4-2-1-3-5-9)13(24-25-17)8-23-26-22/h1-6,12,17,25H,7-8H2. The van der Waals surface area contributed by atoms with Gasteiger partial charge in [0, 0.05) is 34.1 Å². The number of hydrazone groups is 1. The van der Waals surface area contributed by atoms with Gasteiger partial charge >= 0.3 is 0 Å². The first-order valence-corrected chi connectivity index (χ1v) is 8.13. The molecule has 0 bridgehead atoms. The zero-order chi connectivity index (χ0) is 18.7. The number of nitrogens with zero attached hydrogens (tertiary/aromatic N) is 4. The van der Waals surface area contributed by atoms with Crippen LogP contribution in [0.3, 0.4) is 0 Å². The van der Waals surface area contributed by atoms with E-state index in [1.165, 1.54) is 0 Å². The molecule has 0 amide bonds. The number of hydrogen-bond donors (Lipinski definition) is 1. The first-order chi connectivity index (χ1) is 12.5. The minimum absolute atomic E-state index is 0.116. The Labute approximate surface area is 152 Å². The molecule has 0 saturated carbocycles. The van der Waals surface area contributed by atoms with Crippen LogP contribution >= 0.6 is 11.6 Å². The molecule has 0 fully saturated rings. The van der Waals surface area contributed by atoms with E-state index in [2.05, 4.69) is 20.6 Å². The minimum atomic E-state index is -1.89. The van der Waals surface area contributed by atoms with Crippen LogP contribution in [0, 0.1) is 0 Å². The molecule has 9 heteroatoms. The van der Waals surface area contributed by atoms with E-state index in [0.29, 0.717) is 17.2 Å². The molecule has 0 radical (unpaired) electrons. The van der Waals surface area contributed by atoms with Gasteiger partial charge in [0.1, 0.15) is 23.3 Å². The van der Waals surface area contributed by atoms with Crippen molar-refractivity contribution in [2.24, 2.45) is 10.2 Å². The Balaban J connectivity index is 2.27. The minimum Gasteiger partial charge on any atom is -0.287 e. The third kappa shape index (κ3) is 3.47. The summed E-state index contributed by atoms with van der Waals surface area (Å²) < 4.78 is 42.4. The van der Waals surface area contributed by atoms with Crippen LogP contribution in [0.15, 0.2) is 69.4 Å². The Hall–Kier alpha value is -2.70. The Kier molecular flexibility index (Phi) is 5.35. The first kappa shape index (κ1) is 18.1. The number of alkyl halides is 2. The summed E-state index contributed by atoms with van der Waals surface area (Å²) in [6, 6.07) is 8.72. The first-order valence-electron chi connectivity index (χ1n) is 7.70. The van der Waals surface area contributed by atoms with Gasteiger partial charge in [0.05, 0.1) is 12.3 Å². The van der Waals surface area contributed by atoms with Crippen molar-refractivity contribution in [3.8, 4) is 0 Å². The third-order valence-electron chi connectivity index (χ3n) is 3.99. The van der Waals surface area contributed by atoms with Gasteiger partial charge < -0.3 is 0 Å². The number of halogens is 4. The average molecular weight is 380 g/mol. The molecule has 0 saturated heterocycles. The third-order valence-corrected chi connectivity index (χ3v) is 4.30. The van der Waals surface area contributed by atoms with Crippen LogP contribution in [-0.2, 0) is 0 Å². The molecule has 0 aromatic heterocycles. The lowest BCUT2D eigenvalue weighted by Gasteiger charge is -2.29. The van der Waals surface area contributed by atoms with Crippen LogP contribution in [0.25, 0.3) is 16.0 Å². The SMILES string of the molecule is [N-]=[N+]=NCC1=NNC(Cl)C(C2=C(F)C=C(F)CC2F)=C1c1ccccc1. The maximum absolute atomic E-state index is 14.6. The van der Waals surface area contributed by atoms with Gasteiger partial charge in [-0.25, -0.2) is 13.2 Å². The molecule has 2 unspecified atom stereocenters. The monoisotopic (exact) mass is 379 g/mol. The second-order valence-electron chi connectivity index (χ2n) is 5.62. The molecule has 1 heterocycles. The summed E-state index contributed by atoms with van der Waals surface area (Å²) in [4.78, 5) is 2.70. The lowest BCUT2D eigenvalue weighted by molar-refractivity contribution is 0.342. The van der Waals surface area contributed by atoms with E-state index in [-0.39, 0.29) is 23.4 Å². The maximum Gasteiger partial charge on any atom is 0.144 e. The fourth-order valence-corrected chi connectivity index (χ4v) is 3.22. The molecule has 2 atom stereocenters. The quantitative estimate of drug-likeness (QED) is 0.255. The van der Waals surface area contributed by atoms with Crippen molar-refractivity contribution < 1.29 is 13.2 Å². The average Bonchev–Trinajstić information content (AvgIpc) is 2.61. The summed E-state index contributed by atoms with van der Waals surface area (Å²) in [7, 11) is 0. The fraction of sp³-hybridized carbons (Fsp3) is 0.235. The van der Waals surface area contributed by atoms with Crippen molar-refractivity contribution in [1.82, 2.24) is 5.43 Å². The Morgan fingerprint density at radius 3 is 2.65 bits per heavy atom. The Morgan fingerprint density at radius 1 is 1.27 bits per heavy atom. The van der Waals surface area contributed by atoms with Crippen molar-refractivity contribution in [1.29, 1.82) is 0 Å². The number of rotatable bonds is 4. The highest BCUT2D eigenvalue weighted by molar-refractivity contribution is 6.31. The lowest BCUT2D eigenvalue weighted by atomic mass is 9.85. The van der Waals surface area contributed by atoms with Crippen molar-refractivity contribution >= 4 is 22.9 Å². The van der Waals surface area contributed by atoms with Gasteiger partial charge in [-0.05, 0) is 11.1 Å². The van der Waals surface area contributed by atoms with E-state index in [1.807, 2.05) is 0 Å². The predicted molar refractivity (Wildman–Crippen MR) is 94.4 cm³/mol. The predicted octanol–water partition coefficient (Wildman–Crippen LogP) is 5.09. The highest BCUT2D eigenvalue weighted by Gasteiger charge is 2.35. The number of hydrogen-bond acceptors (Lipinski definition) is 3. The van der Waals surface area contributed by atoms with Gasteiger partial charge in [0.2, 0.25) is 0 Å². The summed E-state index contributed by atoms with van der Waals surface area (Å²) in [6.07, 6.45) is -1.81. The second kappa shape index (κ2) is 7.68. The highest BCUT2D eigenvalue weighted by atomic mass is 35.5. The van der Waals surface area contributed by atoms with Crippen molar-refractivity contribution in [2.75, 3.05) is 6.54 Å². The van der Waals surface area contributed by atoms with E-state index in [4.69, 9.17) is 17.1 Å². The zero-order valence-corrected chi connectivity index (χ0v) is 14.1. The van der Waals surface area contributed by atoms with Crippen LogP contribution in [0.5, 0.6) is 0 Å². The summed E-state index contributed by atoms with van der Waals surface area (Å²) in [6.45, 7) is -0.142. The van der Waals surface area contributed by atoms with Crippen LogP contribution in [0.4, 0.5) is 13.2 Å². The van der Waals surface area contributed by atoms with Crippen molar-refractivity contribution in [3.05, 3.63) is 75.2 Å². The second-order valence-corrected chi connectivity index (χ2v) is 6.05. The van der Waals surface area contributed by atoms with E-state index in [9.17, 15) is 13.2 Å². The van der Waals surface area contributed by atoms with Gasteiger partial charge in [-0.1, -0.05) is 47.0 Å². The van der Waals surface area contributed by atoms with Gasteiger partial charge in [-0.3, -0.25) is 5.43 Å². The number of azide groups is 1. The molecule has 2 aliphatic rings. The largest absolute Gasteiger partial charge is 0.287 e. The molecule has 3 rings (SSSR count). The molecule has 1 N–H and O–H groups in total.